The second kappa shape index (κ2) is 6.13. The molecule has 0 aliphatic heterocycles. The minimum atomic E-state index is -0.437. The molecule has 0 heterocycles. The maximum atomic E-state index is 13.0. The number of benzene rings is 2. The molecule has 2 aromatic carbocycles. The monoisotopic (exact) mass is 299 g/mol. The molecule has 0 spiro atoms. The van der Waals surface area contributed by atoms with Crippen LogP contribution >= 0.6 is 23.2 Å². The van der Waals surface area contributed by atoms with Crippen molar-refractivity contribution in [1.29, 1.82) is 0 Å². The fraction of sp³-hybridized carbons (Fsp3) is 0.143. The zero-order valence-corrected chi connectivity index (χ0v) is 11.7. The fourth-order valence-corrected chi connectivity index (χ4v) is 2.06. The molecule has 0 fully saturated rings. The smallest absolute Gasteiger partial charge is 0.141 e. The highest BCUT2D eigenvalue weighted by atomic mass is 35.5. The number of halogens is 3. The largest absolute Gasteiger partial charge is 0.496 e. The van der Waals surface area contributed by atoms with Crippen LogP contribution in [-0.4, -0.2) is 7.11 Å². The zero-order valence-electron chi connectivity index (χ0n) is 10.2. The Morgan fingerprint density at radius 3 is 2.63 bits per heavy atom. The molecule has 0 unspecified atom stereocenters. The normalized spacial score (nSPS) is 10.3. The lowest BCUT2D eigenvalue weighted by Crippen LogP contribution is -2.02. The van der Waals surface area contributed by atoms with Crippen LogP contribution in [0, 0.1) is 5.82 Å². The van der Waals surface area contributed by atoms with Crippen molar-refractivity contribution in [3.05, 3.63) is 57.8 Å². The first-order valence-corrected chi connectivity index (χ1v) is 6.37. The molecule has 100 valence electrons. The van der Waals surface area contributed by atoms with Gasteiger partial charge in [-0.25, -0.2) is 4.39 Å². The van der Waals surface area contributed by atoms with Crippen molar-refractivity contribution < 1.29 is 9.13 Å². The van der Waals surface area contributed by atoms with Gasteiger partial charge in [0.15, 0.2) is 0 Å². The van der Waals surface area contributed by atoms with Crippen molar-refractivity contribution in [2.75, 3.05) is 12.4 Å². The molecule has 2 nitrogen and oxygen atoms in total. The quantitative estimate of drug-likeness (QED) is 0.879. The Bertz CT molecular complexity index is 590. The van der Waals surface area contributed by atoms with Crippen molar-refractivity contribution in [2.24, 2.45) is 0 Å². The number of methoxy groups -OCH3 is 1. The third kappa shape index (κ3) is 3.52. The zero-order chi connectivity index (χ0) is 13.8. The van der Waals surface area contributed by atoms with E-state index in [0.717, 1.165) is 17.0 Å². The lowest BCUT2D eigenvalue weighted by molar-refractivity contribution is 0.410. The van der Waals surface area contributed by atoms with Crippen LogP contribution in [-0.2, 0) is 6.54 Å². The molecule has 19 heavy (non-hydrogen) atoms. The second-order valence-electron chi connectivity index (χ2n) is 3.94. The van der Waals surface area contributed by atoms with Gasteiger partial charge in [-0.15, -0.1) is 0 Å². The molecule has 2 rings (SSSR count). The molecule has 0 bridgehead atoms. The Kier molecular flexibility index (Phi) is 4.51. The van der Waals surface area contributed by atoms with Crippen LogP contribution in [0.25, 0.3) is 0 Å². The summed E-state index contributed by atoms with van der Waals surface area (Å²) in [5, 5.41) is 3.86. The average Bonchev–Trinajstić information content (AvgIpc) is 2.40. The number of hydrogen-bond acceptors (Lipinski definition) is 2. The van der Waals surface area contributed by atoms with Crippen LogP contribution in [0.1, 0.15) is 5.56 Å². The highest BCUT2D eigenvalue weighted by Crippen LogP contribution is 2.25. The summed E-state index contributed by atoms with van der Waals surface area (Å²) < 4.78 is 18.3. The molecular weight excluding hydrogens is 288 g/mol. The highest BCUT2D eigenvalue weighted by Gasteiger charge is 2.05. The Morgan fingerprint density at radius 1 is 1.16 bits per heavy atom. The summed E-state index contributed by atoms with van der Waals surface area (Å²) in [5.41, 5.74) is 1.64. The van der Waals surface area contributed by atoms with Gasteiger partial charge >= 0.3 is 0 Å². The van der Waals surface area contributed by atoms with E-state index in [0.29, 0.717) is 11.6 Å². The average molecular weight is 300 g/mol. The summed E-state index contributed by atoms with van der Waals surface area (Å²) in [6.45, 7) is 0.506. The second-order valence-corrected chi connectivity index (χ2v) is 4.78. The molecule has 0 aliphatic rings. The van der Waals surface area contributed by atoms with E-state index >= 15 is 0 Å². The maximum Gasteiger partial charge on any atom is 0.141 e. The summed E-state index contributed by atoms with van der Waals surface area (Å²) in [7, 11) is 1.60. The first-order valence-electron chi connectivity index (χ1n) is 5.61. The van der Waals surface area contributed by atoms with Gasteiger partial charge in [-0.2, -0.15) is 0 Å². The van der Waals surface area contributed by atoms with E-state index < -0.39 is 5.82 Å². The minimum Gasteiger partial charge on any atom is -0.496 e. The maximum absolute atomic E-state index is 13.0. The Balaban J connectivity index is 2.13. The number of rotatable bonds is 4. The summed E-state index contributed by atoms with van der Waals surface area (Å²) in [4.78, 5) is 0. The minimum absolute atomic E-state index is 0.0862. The summed E-state index contributed by atoms with van der Waals surface area (Å²) in [6.07, 6.45) is 0. The van der Waals surface area contributed by atoms with Crippen molar-refractivity contribution >= 4 is 28.9 Å². The van der Waals surface area contributed by atoms with Crippen molar-refractivity contribution in [2.45, 2.75) is 6.54 Å². The predicted octanol–water partition coefficient (Wildman–Crippen LogP) is 4.75. The van der Waals surface area contributed by atoms with Crippen LogP contribution in [0.5, 0.6) is 5.75 Å². The van der Waals surface area contributed by atoms with Gasteiger partial charge in [0, 0.05) is 22.8 Å². The molecule has 0 aromatic heterocycles. The van der Waals surface area contributed by atoms with E-state index in [2.05, 4.69) is 5.32 Å². The van der Waals surface area contributed by atoms with Crippen LogP contribution < -0.4 is 10.1 Å². The topological polar surface area (TPSA) is 21.3 Å². The van der Waals surface area contributed by atoms with Gasteiger partial charge in [0.25, 0.3) is 0 Å². The van der Waals surface area contributed by atoms with E-state index in [1.807, 2.05) is 6.07 Å². The van der Waals surface area contributed by atoms with E-state index in [4.69, 9.17) is 27.9 Å². The van der Waals surface area contributed by atoms with Crippen molar-refractivity contribution in [1.82, 2.24) is 0 Å². The number of hydrogen-bond donors (Lipinski definition) is 1. The third-order valence-corrected chi connectivity index (χ3v) is 3.17. The SMILES string of the molecule is COc1ccc(Cl)cc1CNc1ccc(F)c(Cl)c1. The van der Waals surface area contributed by atoms with Crippen molar-refractivity contribution in [3.63, 3.8) is 0 Å². The first kappa shape index (κ1) is 14.0. The summed E-state index contributed by atoms with van der Waals surface area (Å²) in [6, 6.07) is 9.86. The van der Waals surface area contributed by atoms with E-state index in [-0.39, 0.29) is 5.02 Å². The molecule has 0 saturated heterocycles. The molecule has 0 aliphatic carbocycles. The molecule has 0 amide bonds. The molecular formula is C14H12Cl2FNO. The van der Waals surface area contributed by atoms with Crippen LogP contribution in [0.4, 0.5) is 10.1 Å². The van der Waals surface area contributed by atoms with Crippen LogP contribution in [0.3, 0.4) is 0 Å². The summed E-state index contributed by atoms with van der Waals surface area (Å²) >= 11 is 11.7. The number of anilines is 1. The summed E-state index contributed by atoms with van der Waals surface area (Å²) in [5.74, 6) is 0.303. The van der Waals surface area contributed by atoms with E-state index in [1.54, 1.807) is 25.3 Å². The van der Waals surface area contributed by atoms with Gasteiger partial charge in [-0.1, -0.05) is 23.2 Å². The standard InChI is InChI=1S/C14H12Cl2FNO/c1-19-14-5-2-10(15)6-9(14)8-18-11-3-4-13(17)12(16)7-11/h2-7,18H,8H2,1H3. The lowest BCUT2D eigenvalue weighted by atomic mass is 10.2. The van der Waals surface area contributed by atoms with Crippen LogP contribution in [0.15, 0.2) is 36.4 Å². The van der Waals surface area contributed by atoms with Gasteiger partial charge in [-0.05, 0) is 36.4 Å². The highest BCUT2D eigenvalue weighted by molar-refractivity contribution is 6.31. The van der Waals surface area contributed by atoms with Gasteiger partial charge in [0.2, 0.25) is 0 Å². The first-order chi connectivity index (χ1) is 9.10. The molecule has 0 saturated carbocycles. The fourth-order valence-electron chi connectivity index (χ4n) is 1.69. The molecule has 1 N–H and O–H groups in total. The Morgan fingerprint density at radius 2 is 1.95 bits per heavy atom. The van der Waals surface area contributed by atoms with Gasteiger partial charge in [-0.3, -0.25) is 0 Å². The molecule has 5 heteroatoms. The lowest BCUT2D eigenvalue weighted by Gasteiger charge is -2.11. The Labute approximate surface area is 121 Å². The van der Waals surface area contributed by atoms with Crippen molar-refractivity contribution in [3.8, 4) is 5.75 Å². The molecule has 0 atom stereocenters. The van der Waals surface area contributed by atoms with Gasteiger partial charge in [0.1, 0.15) is 11.6 Å². The van der Waals surface area contributed by atoms with Crippen LogP contribution in [0.2, 0.25) is 10.0 Å². The van der Waals surface area contributed by atoms with Gasteiger partial charge < -0.3 is 10.1 Å². The third-order valence-electron chi connectivity index (χ3n) is 2.65. The van der Waals surface area contributed by atoms with E-state index in [1.165, 1.54) is 12.1 Å². The van der Waals surface area contributed by atoms with Gasteiger partial charge in [0.05, 0.1) is 12.1 Å². The Hall–Kier alpha value is -1.45. The van der Waals surface area contributed by atoms with E-state index in [9.17, 15) is 4.39 Å². The predicted molar refractivity (Wildman–Crippen MR) is 76.7 cm³/mol. The number of ether oxygens (including phenoxy) is 1. The molecule has 2 aromatic rings. The molecule has 0 radical (unpaired) electrons. The number of nitrogens with one attached hydrogen (secondary N) is 1.